The van der Waals surface area contributed by atoms with Gasteiger partial charge in [0.2, 0.25) is 5.91 Å². The third-order valence-corrected chi connectivity index (χ3v) is 5.13. The number of primary amides is 1. The molecule has 1 amide bonds. The molecule has 0 radical (unpaired) electrons. The smallest absolute Gasteiger partial charge is 0.240 e. The van der Waals surface area contributed by atoms with Crippen molar-refractivity contribution in [1.29, 1.82) is 0 Å². The van der Waals surface area contributed by atoms with Gasteiger partial charge in [-0.3, -0.25) is 4.79 Å². The number of nitrogens with one attached hydrogen (secondary N) is 1. The summed E-state index contributed by atoms with van der Waals surface area (Å²) in [4.78, 5) is 11.8. The molecule has 1 aliphatic carbocycles. The molecule has 1 atom stereocenters. The number of rotatable bonds is 4. The fourth-order valence-electron chi connectivity index (χ4n) is 2.83. The van der Waals surface area contributed by atoms with Crippen LogP contribution >= 0.6 is 27.5 Å². The quantitative estimate of drug-likeness (QED) is 0.786. The number of hydrogen-bond donors (Lipinski definition) is 2. The highest BCUT2D eigenvalue weighted by atomic mass is 79.9. The highest BCUT2D eigenvalue weighted by molar-refractivity contribution is 9.10. The van der Waals surface area contributed by atoms with Gasteiger partial charge in [-0.2, -0.15) is 0 Å². The van der Waals surface area contributed by atoms with E-state index in [1.165, 1.54) is 25.7 Å². The van der Waals surface area contributed by atoms with Crippen LogP contribution in [-0.2, 0) is 4.79 Å². The number of hydrogen-bond acceptors (Lipinski definition) is 2. The van der Waals surface area contributed by atoms with Crippen molar-refractivity contribution >= 4 is 39.1 Å². The molecule has 3 nitrogen and oxygen atoms in total. The van der Waals surface area contributed by atoms with E-state index in [9.17, 15) is 4.79 Å². The van der Waals surface area contributed by atoms with Gasteiger partial charge in [0.05, 0.1) is 5.02 Å². The zero-order chi connectivity index (χ0) is 14.5. The van der Waals surface area contributed by atoms with Gasteiger partial charge < -0.3 is 11.1 Å². The Morgan fingerprint density at radius 3 is 2.50 bits per heavy atom. The standard InChI is InChI=1S/C15H20BrClN2O/c16-12-9-11(7-8-13(12)17)19-14(15(18)20)10-5-3-1-2-4-6-10/h7-10,14,19H,1-6H2,(H2,18,20). The van der Waals surface area contributed by atoms with Crippen molar-refractivity contribution < 1.29 is 4.79 Å². The molecule has 5 heteroatoms. The molecular weight excluding hydrogens is 340 g/mol. The number of carbonyl (C=O) groups is 1. The van der Waals surface area contributed by atoms with E-state index < -0.39 is 0 Å². The summed E-state index contributed by atoms with van der Waals surface area (Å²) < 4.78 is 0.813. The Kier molecular flexibility index (Phi) is 5.73. The lowest BCUT2D eigenvalue weighted by Crippen LogP contribution is -2.41. The summed E-state index contributed by atoms with van der Waals surface area (Å²) in [5.41, 5.74) is 6.46. The van der Waals surface area contributed by atoms with Crippen molar-refractivity contribution in [2.75, 3.05) is 5.32 Å². The lowest BCUT2D eigenvalue weighted by atomic mass is 9.91. The lowest BCUT2D eigenvalue weighted by molar-refractivity contribution is -0.119. The van der Waals surface area contributed by atoms with Crippen LogP contribution in [0.25, 0.3) is 0 Å². The molecule has 0 saturated heterocycles. The number of benzene rings is 1. The van der Waals surface area contributed by atoms with E-state index in [0.29, 0.717) is 10.9 Å². The molecule has 1 unspecified atom stereocenters. The van der Waals surface area contributed by atoms with E-state index in [4.69, 9.17) is 17.3 Å². The summed E-state index contributed by atoms with van der Waals surface area (Å²) in [6.07, 6.45) is 7.01. The molecular formula is C15H20BrClN2O. The molecule has 1 aromatic carbocycles. The molecule has 0 heterocycles. The van der Waals surface area contributed by atoms with Crippen molar-refractivity contribution in [1.82, 2.24) is 0 Å². The van der Waals surface area contributed by atoms with Crippen LogP contribution < -0.4 is 11.1 Å². The number of amides is 1. The highest BCUT2D eigenvalue weighted by Gasteiger charge is 2.27. The second-order valence-corrected chi connectivity index (χ2v) is 6.67. The molecule has 0 aliphatic heterocycles. The molecule has 20 heavy (non-hydrogen) atoms. The zero-order valence-corrected chi connectivity index (χ0v) is 13.7. The fourth-order valence-corrected chi connectivity index (χ4v) is 3.33. The molecule has 1 fully saturated rings. The summed E-state index contributed by atoms with van der Waals surface area (Å²) in [7, 11) is 0. The van der Waals surface area contributed by atoms with Crippen LogP contribution in [0, 0.1) is 5.92 Å². The van der Waals surface area contributed by atoms with E-state index in [-0.39, 0.29) is 11.9 Å². The molecule has 1 aliphatic rings. The minimum absolute atomic E-state index is 0.275. The molecule has 2 rings (SSSR count). The van der Waals surface area contributed by atoms with Crippen molar-refractivity contribution in [2.24, 2.45) is 11.7 Å². The summed E-state index contributed by atoms with van der Waals surface area (Å²) in [6.45, 7) is 0. The molecule has 0 bridgehead atoms. The Hall–Kier alpha value is -0.740. The van der Waals surface area contributed by atoms with Crippen LogP contribution in [0.4, 0.5) is 5.69 Å². The van der Waals surface area contributed by atoms with E-state index in [0.717, 1.165) is 23.0 Å². The minimum Gasteiger partial charge on any atom is -0.373 e. The van der Waals surface area contributed by atoms with Crippen LogP contribution in [0.3, 0.4) is 0 Å². The van der Waals surface area contributed by atoms with E-state index in [2.05, 4.69) is 21.2 Å². The number of anilines is 1. The maximum atomic E-state index is 11.8. The van der Waals surface area contributed by atoms with Gasteiger partial charge in [0, 0.05) is 10.2 Å². The topological polar surface area (TPSA) is 55.1 Å². The van der Waals surface area contributed by atoms with Gasteiger partial charge in [0.25, 0.3) is 0 Å². The van der Waals surface area contributed by atoms with Crippen molar-refractivity contribution in [3.8, 4) is 0 Å². The average molecular weight is 360 g/mol. The predicted molar refractivity (Wildman–Crippen MR) is 86.9 cm³/mol. The molecule has 3 N–H and O–H groups in total. The van der Waals surface area contributed by atoms with Gasteiger partial charge >= 0.3 is 0 Å². The Labute approximate surface area is 133 Å². The SMILES string of the molecule is NC(=O)C(Nc1ccc(Cl)c(Br)c1)C1CCCCCC1. The first-order valence-corrected chi connectivity index (χ1v) is 8.26. The third-order valence-electron chi connectivity index (χ3n) is 3.92. The van der Waals surface area contributed by atoms with Crippen LogP contribution in [0.1, 0.15) is 38.5 Å². The van der Waals surface area contributed by atoms with Crippen LogP contribution in [-0.4, -0.2) is 11.9 Å². The zero-order valence-electron chi connectivity index (χ0n) is 11.4. The predicted octanol–water partition coefficient (Wildman–Crippen LogP) is 4.34. The average Bonchev–Trinajstić information content (AvgIpc) is 2.68. The molecule has 110 valence electrons. The van der Waals surface area contributed by atoms with Gasteiger partial charge in [0.15, 0.2) is 0 Å². The number of halogens is 2. The second-order valence-electron chi connectivity index (χ2n) is 5.40. The van der Waals surface area contributed by atoms with Crippen molar-refractivity contribution in [3.63, 3.8) is 0 Å². The molecule has 1 aromatic rings. The first-order chi connectivity index (χ1) is 9.58. The summed E-state index contributed by atoms with van der Waals surface area (Å²) in [5, 5.41) is 3.93. The molecule has 0 spiro atoms. The van der Waals surface area contributed by atoms with Crippen molar-refractivity contribution in [3.05, 3.63) is 27.7 Å². The van der Waals surface area contributed by atoms with Gasteiger partial charge in [-0.15, -0.1) is 0 Å². The summed E-state index contributed by atoms with van der Waals surface area (Å²) in [5.74, 6) is 0.0485. The third kappa shape index (κ3) is 4.13. The normalized spacial score (nSPS) is 18.3. The van der Waals surface area contributed by atoms with Gasteiger partial charge in [-0.25, -0.2) is 0 Å². The van der Waals surface area contributed by atoms with Crippen LogP contribution in [0.15, 0.2) is 22.7 Å². The van der Waals surface area contributed by atoms with E-state index in [1.54, 1.807) is 6.07 Å². The van der Waals surface area contributed by atoms with Crippen molar-refractivity contribution in [2.45, 2.75) is 44.6 Å². The minimum atomic E-state index is -0.304. The van der Waals surface area contributed by atoms with Gasteiger partial charge in [-0.1, -0.05) is 37.3 Å². The first-order valence-electron chi connectivity index (χ1n) is 7.09. The Morgan fingerprint density at radius 1 is 1.30 bits per heavy atom. The molecule has 0 aromatic heterocycles. The lowest BCUT2D eigenvalue weighted by Gasteiger charge is -2.25. The van der Waals surface area contributed by atoms with Crippen LogP contribution in [0.2, 0.25) is 5.02 Å². The summed E-state index contributed by atoms with van der Waals surface area (Å²) >= 11 is 9.38. The maximum Gasteiger partial charge on any atom is 0.240 e. The Balaban J connectivity index is 2.11. The fraction of sp³-hybridized carbons (Fsp3) is 0.533. The van der Waals surface area contributed by atoms with E-state index >= 15 is 0 Å². The summed E-state index contributed by atoms with van der Waals surface area (Å²) in [6, 6.07) is 5.26. The largest absolute Gasteiger partial charge is 0.373 e. The highest BCUT2D eigenvalue weighted by Crippen LogP contribution is 2.30. The maximum absolute atomic E-state index is 11.8. The van der Waals surface area contributed by atoms with Gasteiger partial charge in [0.1, 0.15) is 6.04 Å². The van der Waals surface area contributed by atoms with Gasteiger partial charge in [-0.05, 0) is 52.9 Å². The number of nitrogens with two attached hydrogens (primary N) is 1. The van der Waals surface area contributed by atoms with E-state index in [1.807, 2.05) is 12.1 Å². The second kappa shape index (κ2) is 7.32. The van der Waals surface area contributed by atoms with Crippen LogP contribution in [0.5, 0.6) is 0 Å². The Morgan fingerprint density at radius 2 is 1.95 bits per heavy atom. The Bertz CT molecular complexity index is 473. The monoisotopic (exact) mass is 358 g/mol. The first kappa shape index (κ1) is 15.6. The molecule has 1 saturated carbocycles. The number of carbonyl (C=O) groups excluding carboxylic acids is 1.